The van der Waals surface area contributed by atoms with Crippen LogP contribution in [-0.4, -0.2) is 47.9 Å². The summed E-state index contributed by atoms with van der Waals surface area (Å²) in [6.45, 7) is 7.19. The molecule has 0 aliphatic carbocycles. The Kier molecular flexibility index (Phi) is 7.98. The van der Waals surface area contributed by atoms with Crippen LogP contribution in [0.4, 0.5) is 4.79 Å². The van der Waals surface area contributed by atoms with E-state index < -0.39 is 23.2 Å². The molecule has 2 rings (SSSR count). The van der Waals surface area contributed by atoms with Gasteiger partial charge in [-0.15, -0.1) is 0 Å². The standard InChI is InChI=1S/C20H24ClNO6S/c1-6-11(3)28-17-14(21)8-13(9-15(17)26-5)10-16-18(23)22(20(25)29-16)12(4)19(24)27-7-2/h8-12H,6-7H2,1-5H3/b16-10+/t11-,12+/m0/s1. The molecule has 29 heavy (non-hydrogen) atoms. The van der Waals surface area contributed by atoms with Crippen LogP contribution in [0.5, 0.6) is 11.5 Å². The Morgan fingerprint density at radius 3 is 2.55 bits per heavy atom. The minimum atomic E-state index is -1.00. The van der Waals surface area contributed by atoms with Crippen molar-refractivity contribution < 1.29 is 28.6 Å². The Morgan fingerprint density at radius 1 is 1.28 bits per heavy atom. The molecule has 0 spiro atoms. The van der Waals surface area contributed by atoms with Gasteiger partial charge in [0.2, 0.25) is 0 Å². The molecule has 0 bridgehead atoms. The van der Waals surface area contributed by atoms with E-state index in [1.54, 1.807) is 19.1 Å². The molecule has 2 amide bonds. The van der Waals surface area contributed by atoms with Crippen LogP contribution < -0.4 is 9.47 Å². The molecule has 0 saturated carbocycles. The number of amides is 2. The van der Waals surface area contributed by atoms with E-state index in [1.165, 1.54) is 20.1 Å². The number of ether oxygens (including phenoxy) is 3. The van der Waals surface area contributed by atoms with Crippen molar-refractivity contribution in [1.82, 2.24) is 4.90 Å². The maximum Gasteiger partial charge on any atom is 0.329 e. The maximum absolute atomic E-state index is 12.7. The van der Waals surface area contributed by atoms with E-state index in [2.05, 4.69) is 0 Å². The molecule has 0 N–H and O–H groups in total. The van der Waals surface area contributed by atoms with Crippen molar-refractivity contribution in [3.8, 4) is 11.5 Å². The van der Waals surface area contributed by atoms with Gasteiger partial charge in [-0.05, 0) is 62.7 Å². The van der Waals surface area contributed by atoms with Crippen LogP contribution in [0.25, 0.3) is 6.08 Å². The van der Waals surface area contributed by atoms with Gasteiger partial charge in [-0.1, -0.05) is 18.5 Å². The molecule has 1 fully saturated rings. The topological polar surface area (TPSA) is 82.1 Å². The number of hydrogen-bond donors (Lipinski definition) is 0. The largest absolute Gasteiger partial charge is 0.493 e. The molecular formula is C20H24ClNO6S. The summed E-state index contributed by atoms with van der Waals surface area (Å²) in [5.74, 6) is -0.351. The van der Waals surface area contributed by atoms with Crippen LogP contribution in [-0.2, 0) is 14.3 Å². The Morgan fingerprint density at radius 2 is 1.97 bits per heavy atom. The summed E-state index contributed by atoms with van der Waals surface area (Å²) in [5.41, 5.74) is 0.567. The third kappa shape index (κ3) is 5.25. The Balaban J connectivity index is 2.32. The first kappa shape index (κ1) is 23.1. The van der Waals surface area contributed by atoms with E-state index in [-0.39, 0.29) is 17.6 Å². The van der Waals surface area contributed by atoms with E-state index in [0.29, 0.717) is 22.1 Å². The number of nitrogens with zero attached hydrogens (tertiary/aromatic N) is 1. The quantitative estimate of drug-likeness (QED) is 0.433. The smallest absolute Gasteiger partial charge is 0.329 e. The van der Waals surface area contributed by atoms with Gasteiger partial charge in [0.15, 0.2) is 11.5 Å². The minimum absolute atomic E-state index is 0.0480. The Bertz CT molecular complexity index is 841. The zero-order valence-electron chi connectivity index (χ0n) is 17.0. The van der Waals surface area contributed by atoms with Crippen LogP contribution >= 0.6 is 23.4 Å². The molecule has 158 valence electrons. The van der Waals surface area contributed by atoms with Crippen LogP contribution in [0.15, 0.2) is 17.0 Å². The number of hydrogen-bond acceptors (Lipinski definition) is 7. The Hall–Kier alpha value is -2.19. The SMILES string of the molecule is CCOC(=O)[C@@H](C)N1C(=O)S/C(=C/c2cc(Cl)c(O[C@@H](C)CC)c(OC)c2)C1=O. The van der Waals surface area contributed by atoms with E-state index >= 15 is 0 Å². The van der Waals surface area contributed by atoms with Gasteiger partial charge in [0, 0.05) is 0 Å². The molecule has 1 aromatic rings. The highest BCUT2D eigenvalue weighted by Gasteiger charge is 2.41. The van der Waals surface area contributed by atoms with Crippen LogP contribution in [0, 0.1) is 0 Å². The molecule has 2 atom stereocenters. The first-order chi connectivity index (χ1) is 13.7. The number of imide groups is 1. The lowest BCUT2D eigenvalue weighted by atomic mass is 10.1. The molecule has 9 heteroatoms. The van der Waals surface area contributed by atoms with Crippen molar-refractivity contribution >= 4 is 46.6 Å². The fourth-order valence-electron chi connectivity index (χ4n) is 2.56. The van der Waals surface area contributed by atoms with Crippen molar-refractivity contribution in [2.45, 2.75) is 46.3 Å². The molecule has 1 heterocycles. The molecule has 1 aliphatic rings. The first-order valence-corrected chi connectivity index (χ1v) is 10.4. The Labute approximate surface area is 179 Å². The van der Waals surface area contributed by atoms with Crippen molar-refractivity contribution in [2.75, 3.05) is 13.7 Å². The predicted octanol–water partition coefficient (Wildman–Crippen LogP) is 4.51. The number of methoxy groups -OCH3 is 1. The number of benzene rings is 1. The zero-order valence-corrected chi connectivity index (χ0v) is 18.6. The summed E-state index contributed by atoms with van der Waals surface area (Å²) < 4.78 is 16.1. The van der Waals surface area contributed by atoms with E-state index in [1.807, 2.05) is 13.8 Å². The fourth-order valence-corrected chi connectivity index (χ4v) is 3.73. The predicted molar refractivity (Wildman–Crippen MR) is 112 cm³/mol. The second-order valence-electron chi connectivity index (χ2n) is 6.35. The van der Waals surface area contributed by atoms with Crippen molar-refractivity contribution in [1.29, 1.82) is 0 Å². The summed E-state index contributed by atoms with van der Waals surface area (Å²) >= 11 is 7.11. The third-order valence-electron chi connectivity index (χ3n) is 4.28. The van der Waals surface area contributed by atoms with Crippen LogP contribution in [0.2, 0.25) is 5.02 Å². The van der Waals surface area contributed by atoms with E-state index in [4.69, 9.17) is 25.8 Å². The number of halogens is 1. The van der Waals surface area contributed by atoms with Gasteiger partial charge in [0.1, 0.15) is 6.04 Å². The summed E-state index contributed by atoms with van der Waals surface area (Å²) in [6, 6.07) is 2.30. The van der Waals surface area contributed by atoms with Gasteiger partial charge >= 0.3 is 5.97 Å². The molecule has 1 aliphatic heterocycles. The maximum atomic E-state index is 12.7. The summed E-state index contributed by atoms with van der Waals surface area (Å²) in [6.07, 6.45) is 2.28. The number of rotatable bonds is 8. The minimum Gasteiger partial charge on any atom is -0.493 e. The van der Waals surface area contributed by atoms with E-state index in [9.17, 15) is 14.4 Å². The summed E-state index contributed by atoms with van der Waals surface area (Å²) in [7, 11) is 1.49. The molecular weight excluding hydrogens is 418 g/mol. The molecule has 1 saturated heterocycles. The van der Waals surface area contributed by atoms with Gasteiger partial charge in [0.05, 0.1) is 29.7 Å². The van der Waals surface area contributed by atoms with Crippen LogP contribution in [0.1, 0.15) is 39.7 Å². The number of carbonyl (C=O) groups is 3. The number of esters is 1. The molecule has 0 radical (unpaired) electrons. The summed E-state index contributed by atoms with van der Waals surface area (Å²) in [5, 5.41) is -0.202. The fraction of sp³-hybridized carbons (Fsp3) is 0.450. The highest BCUT2D eigenvalue weighted by Crippen LogP contribution is 2.40. The molecule has 0 unspecified atom stereocenters. The highest BCUT2D eigenvalue weighted by atomic mass is 35.5. The molecule has 7 nitrogen and oxygen atoms in total. The number of carbonyl (C=O) groups excluding carboxylic acids is 3. The van der Waals surface area contributed by atoms with Gasteiger partial charge in [0.25, 0.3) is 11.1 Å². The van der Waals surface area contributed by atoms with Crippen LogP contribution in [0.3, 0.4) is 0 Å². The summed E-state index contributed by atoms with van der Waals surface area (Å²) in [4.78, 5) is 38.0. The molecule has 0 aromatic heterocycles. The van der Waals surface area contributed by atoms with Gasteiger partial charge < -0.3 is 14.2 Å². The lowest BCUT2D eigenvalue weighted by Crippen LogP contribution is -2.42. The molecule has 1 aromatic carbocycles. The lowest BCUT2D eigenvalue weighted by molar-refractivity contribution is -0.150. The van der Waals surface area contributed by atoms with Crippen molar-refractivity contribution in [3.05, 3.63) is 27.6 Å². The van der Waals surface area contributed by atoms with Gasteiger partial charge in [-0.25, -0.2) is 4.79 Å². The zero-order chi connectivity index (χ0) is 21.7. The third-order valence-corrected chi connectivity index (χ3v) is 5.45. The highest BCUT2D eigenvalue weighted by molar-refractivity contribution is 8.18. The van der Waals surface area contributed by atoms with Gasteiger partial charge in [-0.3, -0.25) is 14.5 Å². The number of thioether (sulfide) groups is 1. The van der Waals surface area contributed by atoms with Crippen molar-refractivity contribution in [3.63, 3.8) is 0 Å². The normalized spacial score (nSPS) is 17.4. The lowest BCUT2D eigenvalue weighted by Gasteiger charge is -2.19. The first-order valence-electron chi connectivity index (χ1n) is 9.21. The van der Waals surface area contributed by atoms with Gasteiger partial charge in [-0.2, -0.15) is 0 Å². The van der Waals surface area contributed by atoms with E-state index in [0.717, 1.165) is 23.1 Å². The monoisotopic (exact) mass is 441 g/mol. The average Bonchev–Trinajstić information content (AvgIpc) is 2.96. The second-order valence-corrected chi connectivity index (χ2v) is 7.75. The average molecular weight is 442 g/mol. The van der Waals surface area contributed by atoms with Crippen molar-refractivity contribution in [2.24, 2.45) is 0 Å². The second kappa shape index (κ2) is 10.0.